The normalized spacial score (nSPS) is 11.9. The van der Waals surface area contributed by atoms with Crippen LogP contribution in [0, 0.1) is 0 Å². The molecule has 0 aliphatic rings. The summed E-state index contributed by atoms with van der Waals surface area (Å²) in [6, 6.07) is 79.2. The van der Waals surface area contributed by atoms with E-state index in [1.54, 1.807) is 0 Å². The Morgan fingerprint density at radius 1 is 0.299 bits per heavy atom. The molecule has 0 N–H and O–H groups in total. The molecule has 10 aromatic carbocycles. The number of fused-ring (bicyclic) bond motifs is 10. The van der Waals surface area contributed by atoms with Crippen molar-refractivity contribution >= 4 is 76.3 Å². The highest BCUT2D eigenvalue weighted by Gasteiger charge is 2.23. The highest BCUT2D eigenvalue weighted by molar-refractivity contribution is 6.15. The molecule has 312 valence electrons. The lowest BCUT2D eigenvalue weighted by Crippen LogP contribution is -2.04. The van der Waals surface area contributed by atoms with Crippen molar-refractivity contribution in [2.75, 3.05) is 0 Å². The zero-order valence-electron chi connectivity index (χ0n) is 36.0. The van der Waals surface area contributed by atoms with Crippen LogP contribution in [0.15, 0.2) is 229 Å². The van der Waals surface area contributed by atoms with Crippen LogP contribution < -0.4 is 0 Å². The van der Waals surface area contributed by atoms with Crippen LogP contribution in [0.2, 0.25) is 0 Å². The number of rotatable bonds is 6. The van der Waals surface area contributed by atoms with Gasteiger partial charge in [0.25, 0.3) is 0 Å². The van der Waals surface area contributed by atoms with Gasteiger partial charge in [-0.25, -0.2) is 15.0 Å². The Balaban J connectivity index is 1.08. The first kappa shape index (κ1) is 37.3. The third-order valence-corrected chi connectivity index (χ3v) is 13.3. The number of hydrogen-bond acceptors (Lipinski definition) is 4. The molecule has 0 saturated heterocycles. The second kappa shape index (κ2) is 14.7. The van der Waals surface area contributed by atoms with Gasteiger partial charge in [0.1, 0.15) is 11.2 Å². The maximum Gasteiger partial charge on any atom is 0.166 e. The molecule has 0 fully saturated rings. The molecular weight excluding hydrogens is 819 g/mol. The van der Waals surface area contributed by atoms with Crippen LogP contribution in [0.4, 0.5) is 0 Å². The molecule has 0 radical (unpaired) electrons. The van der Waals surface area contributed by atoms with Gasteiger partial charge in [-0.2, -0.15) is 0 Å². The summed E-state index contributed by atoms with van der Waals surface area (Å²) >= 11 is 0. The SMILES string of the molecule is c1ccc(-c2cccc(-c3nc(-c4ccc5c6ccccc6n(-c6ccccc6)c5c4)nc(-c4cc5oc6ccccc6c5cc4-n4c5ccccc5c5cc6ccccc6cc54)n3)c2)cc1. The van der Waals surface area contributed by atoms with Gasteiger partial charge in [0.15, 0.2) is 17.5 Å². The first-order chi connectivity index (χ1) is 33.2. The molecule has 4 heterocycles. The second-order valence-electron chi connectivity index (χ2n) is 17.2. The van der Waals surface area contributed by atoms with E-state index in [9.17, 15) is 0 Å². The summed E-state index contributed by atoms with van der Waals surface area (Å²) in [6.07, 6.45) is 0. The standard InChI is InChI=1S/C61H37N5O/c1-3-16-38(17-4-1)39-20-15-21-42(32-39)59-62-60(43-30-31-47-45-24-9-12-27-52(45)65(54(47)35-43)44-22-5-2-6-23-44)64-61(63-59)51-37-58-50(48-26-11-14-29-57(48)67-58)36-56(51)66-53-28-13-10-25-46(53)49-33-40-18-7-8-19-41(40)34-55(49)66/h1-37H. The minimum atomic E-state index is 0.540. The van der Waals surface area contributed by atoms with Gasteiger partial charge in [0, 0.05) is 54.7 Å². The summed E-state index contributed by atoms with van der Waals surface area (Å²) in [5.41, 5.74) is 12.8. The van der Waals surface area contributed by atoms with Crippen molar-refractivity contribution < 1.29 is 4.42 Å². The first-order valence-corrected chi connectivity index (χ1v) is 22.6. The van der Waals surface area contributed by atoms with Crippen molar-refractivity contribution in [3.63, 3.8) is 0 Å². The second-order valence-corrected chi connectivity index (χ2v) is 17.2. The third-order valence-electron chi connectivity index (χ3n) is 13.3. The zero-order chi connectivity index (χ0) is 44.0. The Morgan fingerprint density at radius 3 is 1.66 bits per heavy atom. The molecule has 14 aromatic rings. The molecule has 0 spiro atoms. The summed E-state index contributed by atoms with van der Waals surface area (Å²) in [5, 5.41) is 9.12. The van der Waals surface area contributed by atoms with E-state index in [1.807, 2.05) is 18.2 Å². The van der Waals surface area contributed by atoms with Crippen LogP contribution in [-0.4, -0.2) is 24.1 Å². The predicted molar refractivity (Wildman–Crippen MR) is 275 cm³/mol. The molecule has 0 aliphatic carbocycles. The summed E-state index contributed by atoms with van der Waals surface area (Å²) in [4.78, 5) is 16.3. The third kappa shape index (κ3) is 5.93. The molecule has 6 heteroatoms. The van der Waals surface area contributed by atoms with Crippen molar-refractivity contribution in [2.24, 2.45) is 0 Å². The Labute approximate surface area is 384 Å². The van der Waals surface area contributed by atoms with Crippen LogP contribution in [-0.2, 0) is 0 Å². The summed E-state index contributed by atoms with van der Waals surface area (Å²) < 4.78 is 11.4. The fourth-order valence-corrected chi connectivity index (χ4v) is 10.2. The van der Waals surface area contributed by atoms with Crippen LogP contribution in [0.3, 0.4) is 0 Å². The van der Waals surface area contributed by atoms with Gasteiger partial charge in [-0.05, 0) is 88.6 Å². The molecule has 14 rings (SSSR count). The maximum atomic E-state index is 6.66. The number of nitrogens with zero attached hydrogens (tertiary/aromatic N) is 5. The van der Waals surface area contributed by atoms with Gasteiger partial charge < -0.3 is 13.6 Å². The Morgan fingerprint density at radius 2 is 0.866 bits per heavy atom. The van der Waals surface area contributed by atoms with E-state index in [1.165, 1.54) is 26.9 Å². The van der Waals surface area contributed by atoms with Gasteiger partial charge in [-0.1, -0.05) is 158 Å². The monoisotopic (exact) mass is 855 g/mol. The lowest BCUT2D eigenvalue weighted by molar-refractivity contribution is 0.669. The van der Waals surface area contributed by atoms with Crippen LogP contribution in [0.25, 0.3) is 133 Å². The molecule has 67 heavy (non-hydrogen) atoms. The van der Waals surface area contributed by atoms with Gasteiger partial charge in [0.2, 0.25) is 0 Å². The fourth-order valence-electron chi connectivity index (χ4n) is 10.2. The molecule has 0 atom stereocenters. The van der Waals surface area contributed by atoms with Gasteiger partial charge in [-0.15, -0.1) is 0 Å². The number of para-hydroxylation sites is 4. The Hall–Kier alpha value is -9.13. The highest BCUT2D eigenvalue weighted by Crippen LogP contribution is 2.42. The van der Waals surface area contributed by atoms with Gasteiger partial charge >= 0.3 is 0 Å². The van der Waals surface area contributed by atoms with Crippen LogP contribution in [0.1, 0.15) is 0 Å². The van der Waals surface area contributed by atoms with E-state index in [0.29, 0.717) is 17.5 Å². The lowest BCUT2D eigenvalue weighted by Gasteiger charge is -2.15. The quantitative estimate of drug-likeness (QED) is 0.167. The van der Waals surface area contributed by atoms with E-state index in [4.69, 9.17) is 19.4 Å². The minimum absolute atomic E-state index is 0.540. The van der Waals surface area contributed by atoms with Crippen molar-refractivity contribution in [2.45, 2.75) is 0 Å². The predicted octanol–water partition coefficient (Wildman–Crippen LogP) is 15.8. The molecule has 4 aromatic heterocycles. The largest absolute Gasteiger partial charge is 0.456 e. The number of benzene rings is 10. The van der Waals surface area contributed by atoms with Crippen molar-refractivity contribution in [3.8, 4) is 56.7 Å². The van der Waals surface area contributed by atoms with Crippen molar-refractivity contribution in [3.05, 3.63) is 224 Å². The molecule has 0 bridgehead atoms. The van der Waals surface area contributed by atoms with Gasteiger partial charge in [0.05, 0.1) is 27.8 Å². The molecule has 0 saturated carbocycles. The van der Waals surface area contributed by atoms with Crippen molar-refractivity contribution in [1.29, 1.82) is 0 Å². The number of aromatic nitrogens is 5. The van der Waals surface area contributed by atoms with E-state index in [-0.39, 0.29) is 0 Å². The molecule has 0 amide bonds. The minimum Gasteiger partial charge on any atom is -0.456 e. The molecular formula is C61H37N5O. The maximum absolute atomic E-state index is 6.66. The molecule has 0 aliphatic heterocycles. The van der Waals surface area contributed by atoms with E-state index < -0.39 is 0 Å². The average Bonchev–Trinajstić information content (AvgIpc) is 4.04. The van der Waals surface area contributed by atoms with E-state index in [2.05, 4.69) is 215 Å². The Kier molecular flexibility index (Phi) is 8.18. The van der Waals surface area contributed by atoms with Crippen molar-refractivity contribution in [1.82, 2.24) is 24.1 Å². The average molecular weight is 856 g/mol. The zero-order valence-corrected chi connectivity index (χ0v) is 36.0. The number of hydrogen-bond donors (Lipinski definition) is 0. The highest BCUT2D eigenvalue weighted by atomic mass is 16.3. The molecule has 6 nitrogen and oxygen atoms in total. The van der Waals surface area contributed by atoms with E-state index >= 15 is 0 Å². The topological polar surface area (TPSA) is 61.7 Å². The molecule has 0 unspecified atom stereocenters. The number of furan rings is 1. The first-order valence-electron chi connectivity index (χ1n) is 22.6. The lowest BCUT2D eigenvalue weighted by atomic mass is 10.0. The van der Waals surface area contributed by atoms with E-state index in [0.717, 1.165) is 88.6 Å². The summed E-state index contributed by atoms with van der Waals surface area (Å²) in [6.45, 7) is 0. The summed E-state index contributed by atoms with van der Waals surface area (Å²) in [5.74, 6) is 1.68. The summed E-state index contributed by atoms with van der Waals surface area (Å²) in [7, 11) is 0. The van der Waals surface area contributed by atoms with Gasteiger partial charge in [-0.3, -0.25) is 0 Å². The smallest absolute Gasteiger partial charge is 0.166 e. The fraction of sp³-hybridized carbons (Fsp3) is 0. The Bertz CT molecular complexity index is 4280. The van der Waals surface area contributed by atoms with Crippen LogP contribution >= 0.6 is 0 Å². The van der Waals surface area contributed by atoms with Crippen LogP contribution in [0.5, 0.6) is 0 Å².